The van der Waals surface area contributed by atoms with E-state index < -0.39 is 47.6 Å². The van der Waals surface area contributed by atoms with Crippen molar-refractivity contribution in [3.8, 4) is 0 Å². The zero-order valence-electron chi connectivity index (χ0n) is 14.3. The fourth-order valence-electron chi connectivity index (χ4n) is 2.91. The van der Waals surface area contributed by atoms with Crippen molar-refractivity contribution in [1.82, 2.24) is 4.72 Å². The van der Waals surface area contributed by atoms with Crippen LogP contribution >= 0.6 is 23.2 Å². The van der Waals surface area contributed by atoms with Gasteiger partial charge in [-0.25, -0.2) is 16.8 Å². The fourth-order valence-corrected chi connectivity index (χ4v) is 8.15. The lowest BCUT2D eigenvalue weighted by molar-refractivity contribution is -0.137. The summed E-state index contributed by atoms with van der Waals surface area (Å²) in [6.45, 7) is 0. The predicted molar refractivity (Wildman–Crippen MR) is 103 cm³/mol. The monoisotopic (exact) mass is 488 g/mol. The van der Waals surface area contributed by atoms with Gasteiger partial charge in [0, 0.05) is 17.7 Å². The number of sulfonamides is 1. The molecule has 1 heterocycles. The van der Waals surface area contributed by atoms with Gasteiger partial charge in [0.2, 0.25) is 9.84 Å². The van der Waals surface area contributed by atoms with Crippen LogP contribution in [0.4, 0.5) is 13.2 Å². The molecule has 0 spiro atoms. The third-order valence-corrected chi connectivity index (χ3v) is 10.1. The molecule has 1 aromatic carbocycles. The minimum atomic E-state index is -4.65. The molecule has 1 aliphatic carbocycles. The Morgan fingerprint density at radius 3 is 2.41 bits per heavy atom. The maximum Gasteiger partial charge on any atom is 0.416 e. The molecule has 1 aromatic rings. The van der Waals surface area contributed by atoms with Gasteiger partial charge in [-0.3, -0.25) is 4.72 Å². The fraction of sp³-hybridized carbons (Fsp3) is 0.250. The van der Waals surface area contributed by atoms with E-state index in [1.54, 1.807) is 0 Å². The summed E-state index contributed by atoms with van der Waals surface area (Å²) in [4.78, 5) is 0. The van der Waals surface area contributed by atoms with Gasteiger partial charge in [0.1, 0.15) is 5.03 Å². The lowest BCUT2D eigenvalue weighted by Crippen LogP contribution is -2.27. The van der Waals surface area contributed by atoms with E-state index >= 15 is 0 Å². The van der Waals surface area contributed by atoms with Crippen LogP contribution in [0.25, 0.3) is 0 Å². The van der Waals surface area contributed by atoms with Crippen LogP contribution in [-0.2, 0) is 32.5 Å². The van der Waals surface area contributed by atoms with E-state index in [2.05, 4.69) is 0 Å². The summed E-state index contributed by atoms with van der Waals surface area (Å²) in [6.07, 6.45) is -4.04. The molecule has 0 bridgehead atoms. The molecule has 13 heteroatoms. The van der Waals surface area contributed by atoms with Gasteiger partial charge in [0.15, 0.2) is 4.58 Å². The highest BCUT2D eigenvalue weighted by Gasteiger charge is 2.50. The van der Waals surface area contributed by atoms with Crippen LogP contribution in [0.15, 0.2) is 56.7 Å². The maximum absolute atomic E-state index is 12.9. The summed E-state index contributed by atoms with van der Waals surface area (Å²) in [7, 11) is -8.95. The molecule has 1 saturated heterocycles. The number of nitrogens with two attached hydrogens (primary N) is 1. The van der Waals surface area contributed by atoms with Crippen molar-refractivity contribution >= 4 is 43.1 Å². The number of rotatable bonds is 2. The van der Waals surface area contributed by atoms with Crippen LogP contribution < -0.4 is 10.5 Å². The van der Waals surface area contributed by atoms with Crippen LogP contribution in [0.3, 0.4) is 0 Å². The number of halogens is 5. The summed E-state index contributed by atoms with van der Waals surface area (Å²) in [6, 6.07) is 3.81. The van der Waals surface area contributed by atoms with E-state index in [-0.39, 0.29) is 33.3 Å². The molecule has 29 heavy (non-hydrogen) atoms. The molecule has 1 fully saturated rings. The zero-order valence-corrected chi connectivity index (χ0v) is 17.4. The summed E-state index contributed by atoms with van der Waals surface area (Å²) in [5.74, 6) is 0. The topological polar surface area (TPSA) is 106 Å². The van der Waals surface area contributed by atoms with Crippen LogP contribution in [0.1, 0.15) is 17.5 Å². The molecule has 3 N–H and O–H groups in total. The van der Waals surface area contributed by atoms with Crippen LogP contribution in [0, 0.1) is 0 Å². The molecule has 3 rings (SSSR count). The van der Waals surface area contributed by atoms with E-state index in [4.69, 9.17) is 28.9 Å². The number of alkyl halides is 3. The standard InChI is InChI=1S/C16H13Cl2F3N2O4S2/c17-13-10(4-5-11(22)14(13)18)15-23-29(26,27)12(28(15,24)25)7-8-2-1-3-9(6-8)16(19,20)21/h1-3,5-6,12,23H,4,7,22H2/b15-10-. The lowest BCUT2D eigenvalue weighted by Gasteiger charge is -2.15. The Balaban J connectivity index is 2.06. The Morgan fingerprint density at radius 1 is 1.14 bits per heavy atom. The second-order valence-electron chi connectivity index (χ2n) is 6.32. The molecule has 6 nitrogen and oxygen atoms in total. The minimum absolute atomic E-state index is 0.0824. The number of sulfone groups is 1. The Bertz CT molecular complexity index is 1190. The van der Waals surface area contributed by atoms with E-state index in [1.807, 2.05) is 4.72 Å². The van der Waals surface area contributed by atoms with E-state index in [0.29, 0.717) is 6.07 Å². The van der Waals surface area contributed by atoms with Crippen LogP contribution in [-0.4, -0.2) is 21.4 Å². The largest absolute Gasteiger partial charge is 0.416 e. The lowest BCUT2D eigenvalue weighted by atomic mass is 10.1. The minimum Gasteiger partial charge on any atom is -0.398 e. The molecule has 0 saturated carbocycles. The van der Waals surface area contributed by atoms with Crippen molar-refractivity contribution in [2.45, 2.75) is 23.6 Å². The second-order valence-corrected chi connectivity index (χ2v) is 11.3. The van der Waals surface area contributed by atoms with Crippen molar-refractivity contribution in [2.24, 2.45) is 5.73 Å². The molecule has 1 unspecified atom stereocenters. The van der Waals surface area contributed by atoms with Gasteiger partial charge in [-0.1, -0.05) is 47.5 Å². The normalized spacial score (nSPS) is 26.2. The Morgan fingerprint density at radius 2 is 1.79 bits per heavy atom. The molecule has 1 aliphatic heterocycles. The third kappa shape index (κ3) is 4.00. The molecule has 0 radical (unpaired) electrons. The predicted octanol–water partition coefficient (Wildman–Crippen LogP) is 3.07. The van der Waals surface area contributed by atoms with Gasteiger partial charge in [-0.2, -0.15) is 13.2 Å². The number of allylic oxidation sites excluding steroid dienone is 4. The SMILES string of the molecule is NC1=CC/C(=C2\NS(=O)(=O)C(Cc3cccc(C(F)(F)F)c3)S2(=O)=O)C(Cl)=C1Cl. The first-order chi connectivity index (χ1) is 13.2. The molecule has 0 amide bonds. The molecular weight excluding hydrogens is 476 g/mol. The average Bonchev–Trinajstić information content (AvgIpc) is 2.79. The van der Waals surface area contributed by atoms with Gasteiger partial charge in [-0.05, 0) is 18.1 Å². The van der Waals surface area contributed by atoms with Gasteiger partial charge in [-0.15, -0.1) is 0 Å². The number of hydrogen-bond donors (Lipinski definition) is 2. The Kier molecular flexibility index (Phi) is 5.48. The van der Waals surface area contributed by atoms with Gasteiger partial charge < -0.3 is 5.73 Å². The van der Waals surface area contributed by atoms with E-state index in [1.165, 1.54) is 12.1 Å². The maximum atomic E-state index is 12.9. The van der Waals surface area contributed by atoms with E-state index in [0.717, 1.165) is 12.1 Å². The van der Waals surface area contributed by atoms with Gasteiger partial charge in [0.05, 0.1) is 15.6 Å². The number of benzene rings is 1. The highest BCUT2D eigenvalue weighted by atomic mass is 35.5. The highest BCUT2D eigenvalue weighted by Crippen LogP contribution is 2.39. The van der Waals surface area contributed by atoms with Crippen molar-refractivity contribution < 1.29 is 30.0 Å². The first-order valence-corrected chi connectivity index (χ1v) is 11.8. The highest BCUT2D eigenvalue weighted by molar-refractivity contribution is 8.13. The molecule has 158 valence electrons. The third-order valence-electron chi connectivity index (χ3n) is 4.38. The summed E-state index contributed by atoms with van der Waals surface area (Å²) in [5, 5.41) is -0.995. The number of hydrogen-bond acceptors (Lipinski definition) is 5. The van der Waals surface area contributed by atoms with Crippen molar-refractivity contribution in [3.63, 3.8) is 0 Å². The zero-order chi connectivity index (χ0) is 21.8. The quantitative estimate of drug-likeness (QED) is 0.665. The molecule has 2 aliphatic rings. The van der Waals surface area contributed by atoms with Gasteiger partial charge >= 0.3 is 6.18 Å². The average molecular weight is 489 g/mol. The Labute approximate surface area is 174 Å². The molecule has 0 aromatic heterocycles. The summed E-state index contributed by atoms with van der Waals surface area (Å²) >= 11 is 12.0. The molecule has 1 atom stereocenters. The summed E-state index contributed by atoms with van der Waals surface area (Å²) < 4.78 is 89.5. The summed E-state index contributed by atoms with van der Waals surface area (Å²) in [5.41, 5.74) is 4.53. The number of nitrogens with one attached hydrogen (secondary N) is 1. The first-order valence-electron chi connectivity index (χ1n) is 7.91. The van der Waals surface area contributed by atoms with E-state index in [9.17, 15) is 30.0 Å². The van der Waals surface area contributed by atoms with Crippen molar-refractivity contribution in [3.05, 3.63) is 67.8 Å². The Hall–Kier alpha value is -1.69. The van der Waals surface area contributed by atoms with Crippen molar-refractivity contribution in [2.75, 3.05) is 0 Å². The van der Waals surface area contributed by atoms with Crippen LogP contribution in [0.2, 0.25) is 0 Å². The first kappa shape index (κ1) is 22.0. The van der Waals surface area contributed by atoms with Crippen LogP contribution in [0.5, 0.6) is 0 Å². The van der Waals surface area contributed by atoms with Gasteiger partial charge in [0.25, 0.3) is 10.0 Å². The smallest absolute Gasteiger partial charge is 0.398 e. The van der Waals surface area contributed by atoms with Crippen molar-refractivity contribution in [1.29, 1.82) is 0 Å². The second kappa shape index (κ2) is 7.22. The molecular formula is C16H13Cl2F3N2O4S2.